The molecule has 27 heavy (non-hydrogen) atoms. The summed E-state index contributed by atoms with van der Waals surface area (Å²) in [6.07, 6.45) is -3.22. The summed E-state index contributed by atoms with van der Waals surface area (Å²) in [6, 6.07) is 7.14. The molecule has 0 saturated heterocycles. The van der Waals surface area contributed by atoms with Gasteiger partial charge in [0.25, 0.3) is 5.56 Å². The van der Waals surface area contributed by atoms with Crippen molar-refractivity contribution in [2.75, 3.05) is 5.75 Å². The average molecular weight is 478 g/mol. The van der Waals surface area contributed by atoms with E-state index >= 15 is 0 Å². The van der Waals surface area contributed by atoms with E-state index in [0.29, 0.717) is 5.02 Å². The fourth-order valence-corrected chi connectivity index (χ4v) is 4.20. The van der Waals surface area contributed by atoms with Gasteiger partial charge in [-0.25, -0.2) is 4.98 Å². The van der Waals surface area contributed by atoms with Gasteiger partial charge in [-0.05, 0) is 57.6 Å². The Kier molecular flexibility index (Phi) is 5.88. The number of thioether (sulfide) groups is 1. The summed E-state index contributed by atoms with van der Waals surface area (Å²) >= 11 is 10.7. The molecule has 2 aromatic carbocycles. The number of alkyl halides is 3. The number of halogens is 5. The van der Waals surface area contributed by atoms with Crippen molar-refractivity contribution in [3.05, 3.63) is 67.6 Å². The number of benzene rings is 2. The third-order valence-electron chi connectivity index (χ3n) is 3.87. The van der Waals surface area contributed by atoms with E-state index in [2.05, 4.69) is 20.9 Å². The molecular weight excluding hydrogens is 465 g/mol. The normalized spacial score (nSPS) is 11.9. The van der Waals surface area contributed by atoms with Crippen LogP contribution in [-0.2, 0) is 12.7 Å². The highest BCUT2D eigenvalue weighted by Gasteiger charge is 2.31. The molecule has 3 aromatic rings. The van der Waals surface area contributed by atoms with Gasteiger partial charge in [-0.2, -0.15) is 13.2 Å². The summed E-state index contributed by atoms with van der Waals surface area (Å²) in [7, 11) is 0. The SMILES string of the molecule is CCSc1ccc(Cl)cc1Cn1cnc2c(Br)cc(C(F)(F)F)cc2c1=O. The van der Waals surface area contributed by atoms with Crippen LogP contribution in [0.5, 0.6) is 0 Å². The van der Waals surface area contributed by atoms with Crippen LogP contribution in [-0.4, -0.2) is 15.3 Å². The van der Waals surface area contributed by atoms with Crippen LogP contribution in [0.25, 0.3) is 10.9 Å². The fourth-order valence-electron chi connectivity index (χ4n) is 2.66. The summed E-state index contributed by atoms with van der Waals surface area (Å²) < 4.78 is 40.7. The molecule has 0 aliphatic rings. The van der Waals surface area contributed by atoms with Crippen molar-refractivity contribution < 1.29 is 13.2 Å². The van der Waals surface area contributed by atoms with Gasteiger partial charge in [0.1, 0.15) is 0 Å². The molecule has 0 aliphatic heterocycles. The lowest BCUT2D eigenvalue weighted by molar-refractivity contribution is -0.137. The lowest BCUT2D eigenvalue weighted by Gasteiger charge is -2.13. The molecule has 0 saturated carbocycles. The molecule has 142 valence electrons. The van der Waals surface area contributed by atoms with Crippen molar-refractivity contribution in [1.29, 1.82) is 0 Å². The van der Waals surface area contributed by atoms with Crippen molar-refractivity contribution in [2.45, 2.75) is 24.5 Å². The zero-order chi connectivity index (χ0) is 19.8. The van der Waals surface area contributed by atoms with Gasteiger partial charge in [-0.3, -0.25) is 9.36 Å². The number of hydrogen-bond donors (Lipinski definition) is 0. The summed E-state index contributed by atoms with van der Waals surface area (Å²) in [5.41, 5.74) is -0.440. The largest absolute Gasteiger partial charge is 0.416 e. The average Bonchev–Trinajstić information content (AvgIpc) is 2.59. The number of hydrogen-bond acceptors (Lipinski definition) is 3. The molecular formula is C18H13BrClF3N2OS. The molecule has 0 fully saturated rings. The van der Waals surface area contributed by atoms with Crippen LogP contribution >= 0.6 is 39.3 Å². The van der Waals surface area contributed by atoms with Gasteiger partial charge in [-0.15, -0.1) is 11.8 Å². The highest BCUT2D eigenvalue weighted by atomic mass is 79.9. The van der Waals surface area contributed by atoms with Crippen LogP contribution in [0.3, 0.4) is 0 Å². The summed E-state index contributed by atoms with van der Waals surface area (Å²) in [5, 5.41) is 0.431. The van der Waals surface area contributed by atoms with Crippen molar-refractivity contribution >= 4 is 50.2 Å². The molecule has 9 heteroatoms. The van der Waals surface area contributed by atoms with E-state index < -0.39 is 17.3 Å². The first-order valence-corrected chi connectivity index (χ1v) is 10.0. The molecule has 3 rings (SSSR count). The Bertz CT molecular complexity index is 1070. The van der Waals surface area contributed by atoms with E-state index in [9.17, 15) is 18.0 Å². The molecule has 0 radical (unpaired) electrons. The van der Waals surface area contributed by atoms with Crippen molar-refractivity contribution in [2.24, 2.45) is 0 Å². The van der Waals surface area contributed by atoms with E-state index in [1.165, 1.54) is 10.9 Å². The van der Waals surface area contributed by atoms with Crippen molar-refractivity contribution in [3.63, 3.8) is 0 Å². The second-order valence-corrected chi connectivity index (χ2v) is 8.31. The standard InChI is InChI=1S/C18H13BrClF3N2OS/c1-2-27-15-4-3-12(20)5-10(15)8-25-9-24-16-13(17(25)26)6-11(7-14(16)19)18(21,22)23/h3-7,9H,2,8H2,1H3. The second-order valence-electron chi connectivity index (χ2n) is 5.71. The van der Waals surface area contributed by atoms with E-state index in [0.717, 1.165) is 28.3 Å². The first-order chi connectivity index (χ1) is 12.7. The zero-order valence-electron chi connectivity index (χ0n) is 14.0. The quantitative estimate of drug-likeness (QED) is 0.433. The first-order valence-electron chi connectivity index (χ1n) is 7.88. The monoisotopic (exact) mass is 476 g/mol. The third kappa shape index (κ3) is 4.33. The summed E-state index contributed by atoms with van der Waals surface area (Å²) in [4.78, 5) is 17.9. The Morgan fingerprint density at radius 3 is 2.67 bits per heavy atom. The molecule has 0 atom stereocenters. The molecule has 0 aliphatic carbocycles. The van der Waals surface area contributed by atoms with Gasteiger partial charge in [0.15, 0.2) is 0 Å². The number of nitrogens with zero attached hydrogens (tertiary/aromatic N) is 2. The van der Waals surface area contributed by atoms with Gasteiger partial charge < -0.3 is 0 Å². The molecule has 0 amide bonds. The minimum Gasteiger partial charge on any atom is -0.294 e. The molecule has 1 heterocycles. The Morgan fingerprint density at radius 1 is 1.26 bits per heavy atom. The van der Waals surface area contributed by atoms with Crippen molar-refractivity contribution in [3.8, 4) is 0 Å². The smallest absolute Gasteiger partial charge is 0.294 e. The first kappa shape index (κ1) is 20.2. The Labute approximate surface area is 170 Å². The van der Waals surface area contributed by atoms with Gasteiger partial charge >= 0.3 is 6.18 Å². The molecule has 3 nitrogen and oxygen atoms in total. The predicted molar refractivity (Wildman–Crippen MR) is 106 cm³/mol. The van der Waals surface area contributed by atoms with E-state index in [-0.39, 0.29) is 21.9 Å². The molecule has 0 bridgehead atoms. The highest BCUT2D eigenvalue weighted by molar-refractivity contribution is 9.10. The number of aromatic nitrogens is 2. The van der Waals surface area contributed by atoms with Crippen LogP contribution in [0, 0.1) is 0 Å². The van der Waals surface area contributed by atoms with Crippen LogP contribution in [0.4, 0.5) is 13.2 Å². The predicted octanol–water partition coefficient (Wildman–Crippen LogP) is 5.99. The third-order valence-corrected chi connectivity index (χ3v) is 5.71. The minimum atomic E-state index is -4.55. The highest BCUT2D eigenvalue weighted by Crippen LogP contribution is 2.34. The summed E-state index contributed by atoms with van der Waals surface area (Å²) in [6.45, 7) is 2.17. The summed E-state index contributed by atoms with van der Waals surface area (Å²) in [5.74, 6) is 0.835. The Balaban J connectivity index is 2.13. The van der Waals surface area contributed by atoms with Gasteiger partial charge in [0, 0.05) is 14.4 Å². The lowest BCUT2D eigenvalue weighted by Crippen LogP contribution is -2.22. The van der Waals surface area contributed by atoms with E-state index in [1.807, 2.05) is 13.0 Å². The van der Waals surface area contributed by atoms with Crippen LogP contribution < -0.4 is 5.56 Å². The number of fused-ring (bicyclic) bond motifs is 1. The van der Waals surface area contributed by atoms with Crippen LogP contribution in [0.15, 0.2) is 50.8 Å². The maximum Gasteiger partial charge on any atom is 0.416 e. The van der Waals surface area contributed by atoms with Gasteiger partial charge in [0.2, 0.25) is 0 Å². The Morgan fingerprint density at radius 2 is 2.00 bits per heavy atom. The fraction of sp³-hybridized carbons (Fsp3) is 0.222. The van der Waals surface area contributed by atoms with Crippen LogP contribution in [0.1, 0.15) is 18.1 Å². The number of rotatable bonds is 4. The van der Waals surface area contributed by atoms with E-state index in [1.54, 1.807) is 23.9 Å². The van der Waals surface area contributed by atoms with Crippen LogP contribution in [0.2, 0.25) is 5.02 Å². The van der Waals surface area contributed by atoms with E-state index in [4.69, 9.17) is 11.6 Å². The maximum atomic E-state index is 13.1. The Hall–Kier alpha value is -1.51. The molecule has 0 spiro atoms. The lowest BCUT2D eigenvalue weighted by atomic mass is 10.1. The second kappa shape index (κ2) is 7.85. The zero-order valence-corrected chi connectivity index (χ0v) is 17.1. The molecule has 1 aromatic heterocycles. The minimum absolute atomic E-state index is 0.0917. The molecule has 0 N–H and O–H groups in total. The van der Waals surface area contributed by atoms with Crippen molar-refractivity contribution in [1.82, 2.24) is 9.55 Å². The van der Waals surface area contributed by atoms with Gasteiger partial charge in [0.05, 0.1) is 29.3 Å². The molecule has 0 unspecified atom stereocenters. The van der Waals surface area contributed by atoms with Gasteiger partial charge in [-0.1, -0.05) is 18.5 Å². The maximum absolute atomic E-state index is 13.1. The topological polar surface area (TPSA) is 34.9 Å².